The van der Waals surface area contributed by atoms with Crippen molar-refractivity contribution in [3.05, 3.63) is 29.8 Å². The van der Waals surface area contributed by atoms with Crippen LogP contribution in [0.15, 0.2) is 29.2 Å². The number of halogens is 1. The monoisotopic (exact) mass is 425 g/mol. The summed E-state index contributed by atoms with van der Waals surface area (Å²) in [5.41, 5.74) is 6.68. The van der Waals surface area contributed by atoms with E-state index in [1.54, 1.807) is 6.07 Å². The van der Waals surface area contributed by atoms with Gasteiger partial charge in [0.25, 0.3) is 5.91 Å². The molecule has 4 N–H and O–H groups in total. The number of rotatable bonds is 9. The molecule has 1 aromatic rings. The van der Waals surface area contributed by atoms with Gasteiger partial charge in [-0.25, -0.2) is 0 Å². The van der Waals surface area contributed by atoms with Crippen LogP contribution in [0.5, 0.6) is 0 Å². The van der Waals surface area contributed by atoms with E-state index in [0.29, 0.717) is 29.7 Å². The predicted molar refractivity (Wildman–Crippen MR) is 117 cm³/mol. The van der Waals surface area contributed by atoms with Gasteiger partial charge >= 0.3 is 0 Å². The van der Waals surface area contributed by atoms with Crippen molar-refractivity contribution in [2.24, 2.45) is 17.6 Å². The molecule has 3 rings (SSSR count). The minimum absolute atomic E-state index is 0. The number of nitrogens with one attached hydrogen (secondary N) is 2. The summed E-state index contributed by atoms with van der Waals surface area (Å²) in [6.45, 7) is 1.28. The van der Waals surface area contributed by atoms with E-state index in [1.165, 1.54) is 56.7 Å². The van der Waals surface area contributed by atoms with E-state index in [2.05, 4.69) is 10.6 Å². The zero-order valence-electron chi connectivity index (χ0n) is 16.3. The average molecular weight is 426 g/mol. The second-order valence-corrected chi connectivity index (χ2v) is 8.82. The maximum Gasteiger partial charge on any atom is 0.252 e. The topological polar surface area (TPSA) is 84.2 Å². The molecule has 1 aromatic carbocycles. The van der Waals surface area contributed by atoms with Gasteiger partial charge in [0, 0.05) is 24.0 Å². The molecule has 0 bridgehead atoms. The molecular weight excluding hydrogens is 394 g/mol. The van der Waals surface area contributed by atoms with Crippen LogP contribution in [-0.2, 0) is 4.79 Å². The molecule has 2 saturated carbocycles. The maximum absolute atomic E-state index is 12.5. The Morgan fingerprint density at radius 1 is 1.07 bits per heavy atom. The highest BCUT2D eigenvalue weighted by Gasteiger charge is 2.28. The molecule has 2 amide bonds. The Bertz CT molecular complexity index is 648. The van der Waals surface area contributed by atoms with Gasteiger partial charge in [0.1, 0.15) is 0 Å². The SMILES string of the molecule is Cl.NC(CNC(=O)c1ccccc1SCC(=O)NCC1CCCCC1)C1CC1. The third-order valence-electron chi connectivity index (χ3n) is 5.53. The maximum atomic E-state index is 12.5. The van der Waals surface area contributed by atoms with Crippen molar-refractivity contribution >= 4 is 36.0 Å². The molecule has 0 radical (unpaired) electrons. The lowest BCUT2D eigenvalue weighted by Gasteiger charge is -2.21. The standard InChI is InChI=1S/C21H31N3O2S.ClH/c22-18(16-10-11-16)13-24-21(26)17-8-4-5-9-19(17)27-14-20(25)23-12-15-6-2-1-3-7-15;/h4-5,8-9,15-16,18H,1-3,6-7,10-14,22H2,(H,23,25)(H,24,26);1H. The van der Waals surface area contributed by atoms with E-state index < -0.39 is 0 Å². The van der Waals surface area contributed by atoms with Gasteiger partial charge in [-0.1, -0.05) is 31.4 Å². The minimum Gasteiger partial charge on any atom is -0.355 e. The molecule has 0 saturated heterocycles. The normalized spacial score (nSPS) is 18.0. The van der Waals surface area contributed by atoms with Crippen molar-refractivity contribution in [3.63, 3.8) is 0 Å². The smallest absolute Gasteiger partial charge is 0.252 e. The highest BCUT2D eigenvalue weighted by Crippen LogP contribution is 2.31. The number of hydrogen-bond acceptors (Lipinski definition) is 4. The fraction of sp³-hybridized carbons (Fsp3) is 0.619. The van der Waals surface area contributed by atoms with Gasteiger partial charge < -0.3 is 16.4 Å². The Hall–Kier alpha value is -1.24. The van der Waals surface area contributed by atoms with Gasteiger partial charge in [-0.3, -0.25) is 9.59 Å². The molecule has 2 aliphatic rings. The van der Waals surface area contributed by atoms with E-state index in [-0.39, 0.29) is 30.3 Å². The molecule has 7 heteroatoms. The molecule has 0 aliphatic heterocycles. The van der Waals surface area contributed by atoms with Crippen LogP contribution in [0.3, 0.4) is 0 Å². The largest absolute Gasteiger partial charge is 0.355 e. The first-order valence-corrected chi connectivity index (χ1v) is 11.1. The third-order valence-corrected chi connectivity index (χ3v) is 6.60. The van der Waals surface area contributed by atoms with E-state index in [0.717, 1.165) is 11.4 Å². The number of thioether (sulfide) groups is 1. The molecule has 2 aliphatic carbocycles. The van der Waals surface area contributed by atoms with Gasteiger partial charge in [0.05, 0.1) is 11.3 Å². The Balaban J connectivity index is 0.00000280. The molecule has 0 heterocycles. The first kappa shape index (κ1) is 23.0. The van der Waals surface area contributed by atoms with E-state index in [1.807, 2.05) is 18.2 Å². The summed E-state index contributed by atoms with van der Waals surface area (Å²) in [6.07, 6.45) is 8.66. The van der Waals surface area contributed by atoms with Crippen molar-refractivity contribution < 1.29 is 9.59 Å². The van der Waals surface area contributed by atoms with Crippen LogP contribution in [-0.4, -0.2) is 36.7 Å². The van der Waals surface area contributed by atoms with Crippen LogP contribution in [0.25, 0.3) is 0 Å². The molecule has 5 nitrogen and oxygen atoms in total. The second kappa shape index (κ2) is 11.7. The van der Waals surface area contributed by atoms with Gasteiger partial charge in [0.2, 0.25) is 5.91 Å². The Labute approximate surface area is 178 Å². The number of nitrogens with two attached hydrogens (primary N) is 1. The van der Waals surface area contributed by atoms with Crippen molar-refractivity contribution in [1.29, 1.82) is 0 Å². The Morgan fingerprint density at radius 3 is 2.50 bits per heavy atom. The molecule has 0 spiro atoms. The lowest BCUT2D eigenvalue weighted by atomic mass is 9.89. The van der Waals surface area contributed by atoms with Gasteiger partial charge in [-0.2, -0.15) is 0 Å². The molecule has 2 fully saturated rings. The zero-order valence-corrected chi connectivity index (χ0v) is 18.0. The molecule has 156 valence electrons. The lowest BCUT2D eigenvalue weighted by Crippen LogP contribution is -2.38. The van der Waals surface area contributed by atoms with E-state index >= 15 is 0 Å². The van der Waals surface area contributed by atoms with Crippen LogP contribution >= 0.6 is 24.2 Å². The second-order valence-electron chi connectivity index (χ2n) is 7.80. The highest BCUT2D eigenvalue weighted by molar-refractivity contribution is 8.00. The summed E-state index contributed by atoms with van der Waals surface area (Å²) in [4.78, 5) is 25.5. The average Bonchev–Trinajstić information content (AvgIpc) is 3.55. The van der Waals surface area contributed by atoms with E-state index in [4.69, 9.17) is 5.73 Å². The molecule has 1 atom stereocenters. The lowest BCUT2D eigenvalue weighted by molar-refractivity contribution is -0.118. The highest BCUT2D eigenvalue weighted by atomic mass is 35.5. The van der Waals surface area contributed by atoms with E-state index in [9.17, 15) is 9.59 Å². The number of carbonyl (C=O) groups excluding carboxylic acids is 2. The number of amides is 2. The fourth-order valence-electron chi connectivity index (χ4n) is 3.62. The van der Waals surface area contributed by atoms with Crippen LogP contribution in [0.2, 0.25) is 0 Å². The first-order valence-electron chi connectivity index (χ1n) is 10.2. The van der Waals surface area contributed by atoms with Gasteiger partial charge in [-0.15, -0.1) is 24.2 Å². The molecular formula is C21H32ClN3O2S. The summed E-state index contributed by atoms with van der Waals surface area (Å²) in [6, 6.07) is 7.49. The van der Waals surface area contributed by atoms with Crippen molar-refractivity contribution in [1.82, 2.24) is 10.6 Å². The predicted octanol–water partition coefficient (Wildman–Crippen LogP) is 3.36. The van der Waals surface area contributed by atoms with Gasteiger partial charge in [-0.05, 0) is 49.7 Å². The third kappa shape index (κ3) is 7.30. The van der Waals surface area contributed by atoms with Crippen LogP contribution in [0, 0.1) is 11.8 Å². The minimum atomic E-state index is -0.114. The fourth-order valence-corrected chi connectivity index (χ4v) is 4.50. The number of benzene rings is 1. The number of carbonyl (C=O) groups is 2. The quantitative estimate of drug-likeness (QED) is 0.529. The van der Waals surface area contributed by atoms with Crippen molar-refractivity contribution in [2.45, 2.75) is 55.9 Å². The summed E-state index contributed by atoms with van der Waals surface area (Å²) in [5.74, 6) is 1.44. The molecule has 28 heavy (non-hydrogen) atoms. The van der Waals surface area contributed by atoms with Crippen LogP contribution < -0.4 is 16.4 Å². The Kier molecular flexibility index (Phi) is 9.62. The summed E-state index contributed by atoms with van der Waals surface area (Å²) < 4.78 is 0. The summed E-state index contributed by atoms with van der Waals surface area (Å²) >= 11 is 1.42. The van der Waals surface area contributed by atoms with Crippen molar-refractivity contribution in [2.75, 3.05) is 18.8 Å². The molecule has 1 unspecified atom stereocenters. The number of hydrogen-bond donors (Lipinski definition) is 3. The van der Waals surface area contributed by atoms with Crippen molar-refractivity contribution in [3.8, 4) is 0 Å². The molecule has 0 aromatic heterocycles. The van der Waals surface area contributed by atoms with Crippen LogP contribution in [0.4, 0.5) is 0 Å². The van der Waals surface area contributed by atoms with Crippen LogP contribution in [0.1, 0.15) is 55.3 Å². The van der Waals surface area contributed by atoms with Gasteiger partial charge in [0.15, 0.2) is 0 Å². The zero-order chi connectivity index (χ0) is 19.1. The Morgan fingerprint density at radius 2 is 1.79 bits per heavy atom. The first-order chi connectivity index (χ1) is 13.1. The summed E-state index contributed by atoms with van der Waals surface area (Å²) in [5, 5.41) is 5.99. The summed E-state index contributed by atoms with van der Waals surface area (Å²) in [7, 11) is 0.